The van der Waals surface area contributed by atoms with Crippen LogP contribution in [0.15, 0.2) is 48.5 Å². The molecule has 0 saturated carbocycles. The Hall–Kier alpha value is -2.77. The van der Waals surface area contributed by atoms with E-state index in [1.165, 1.54) is 23.5 Å². The van der Waals surface area contributed by atoms with Crippen molar-refractivity contribution in [3.8, 4) is 0 Å². The summed E-state index contributed by atoms with van der Waals surface area (Å²) < 4.78 is 20.2. The van der Waals surface area contributed by atoms with Gasteiger partial charge in [0.25, 0.3) is 5.91 Å². The Morgan fingerprint density at radius 2 is 1.90 bits per heavy atom. The van der Waals surface area contributed by atoms with Crippen molar-refractivity contribution in [3.63, 3.8) is 0 Å². The van der Waals surface area contributed by atoms with E-state index in [4.69, 9.17) is 4.74 Å². The highest BCUT2D eigenvalue weighted by Gasteiger charge is 2.31. The quantitative estimate of drug-likeness (QED) is 0.595. The van der Waals surface area contributed by atoms with Crippen molar-refractivity contribution in [3.05, 3.63) is 70.4 Å². The Labute approximate surface area is 185 Å². The fourth-order valence-corrected chi connectivity index (χ4v) is 5.13. The van der Waals surface area contributed by atoms with Gasteiger partial charge in [0, 0.05) is 37.3 Å². The van der Waals surface area contributed by atoms with E-state index in [0.29, 0.717) is 37.4 Å². The van der Waals surface area contributed by atoms with Gasteiger partial charge in [-0.25, -0.2) is 4.39 Å². The van der Waals surface area contributed by atoms with E-state index in [1.807, 2.05) is 29.2 Å². The minimum absolute atomic E-state index is 0.0395. The van der Waals surface area contributed by atoms with Crippen molar-refractivity contribution < 1.29 is 18.7 Å². The maximum absolute atomic E-state index is 13.1. The van der Waals surface area contributed by atoms with Crippen molar-refractivity contribution in [2.24, 2.45) is 0 Å². The van der Waals surface area contributed by atoms with Gasteiger partial charge in [-0.15, -0.1) is 11.3 Å². The molecule has 1 aromatic heterocycles. The molecule has 4 rings (SSSR count). The predicted octanol–water partition coefficient (Wildman–Crippen LogP) is 4.27. The van der Waals surface area contributed by atoms with Crippen LogP contribution in [0.25, 0.3) is 10.1 Å². The number of carbonyl (C=O) groups is 2. The summed E-state index contributed by atoms with van der Waals surface area (Å²) in [7, 11) is 3.48. The number of ether oxygens (including phenoxy) is 1. The second kappa shape index (κ2) is 9.16. The highest BCUT2D eigenvalue weighted by atomic mass is 32.1. The summed E-state index contributed by atoms with van der Waals surface area (Å²) in [5.74, 6) is -0.297. The van der Waals surface area contributed by atoms with E-state index in [-0.39, 0.29) is 23.7 Å². The second-order valence-electron chi connectivity index (χ2n) is 7.87. The Kier molecular flexibility index (Phi) is 6.34. The van der Waals surface area contributed by atoms with Gasteiger partial charge in [-0.2, -0.15) is 0 Å². The van der Waals surface area contributed by atoms with Crippen molar-refractivity contribution in [2.75, 3.05) is 33.8 Å². The molecular weight excluding hydrogens is 415 g/mol. The van der Waals surface area contributed by atoms with Gasteiger partial charge in [0.05, 0.1) is 18.0 Å². The fraction of sp³-hybridized carbons (Fsp3) is 0.333. The van der Waals surface area contributed by atoms with Gasteiger partial charge in [-0.1, -0.05) is 30.3 Å². The number of rotatable bonds is 5. The van der Waals surface area contributed by atoms with Crippen LogP contribution in [-0.4, -0.2) is 55.4 Å². The number of nitrogens with zero attached hydrogens (tertiary/aromatic N) is 2. The van der Waals surface area contributed by atoms with Crippen molar-refractivity contribution in [1.29, 1.82) is 0 Å². The SMILES string of the molecule is CN(C)C(=O)c1sc2ccccc2c1[C@H]1CN(C(=O)CCc2ccc(F)cc2)CCO1. The maximum Gasteiger partial charge on any atom is 0.263 e. The van der Waals surface area contributed by atoms with E-state index in [1.54, 1.807) is 31.1 Å². The van der Waals surface area contributed by atoms with E-state index >= 15 is 0 Å². The normalized spacial score (nSPS) is 16.5. The fourth-order valence-electron chi connectivity index (χ4n) is 3.86. The Morgan fingerprint density at radius 1 is 1.16 bits per heavy atom. The van der Waals surface area contributed by atoms with Crippen LogP contribution in [0.3, 0.4) is 0 Å². The van der Waals surface area contributed by atoms with Crippen LogP contribution in [-0.2, 0) is 16.0 Å². The molecule has 162 valence electrons. The molecule has 0 bridgehead atoms. The van der Waals surface area contributed by atoms with Gasteiger partial charge < -0.3 is 14.5 Å². The molecule has 5 nitrogen and oxygen atoms in total. The van der Waals surface area contributed by atoms with Gasteiger partial charge in [0.1, 0.15) is 11.9 Å². The lowest BCUT2D eigenvalue weighted by atomic mass is 10.0. The zero-order chi connectivity index (χ0) is 22.0. The molecule has 1 saturated heterocycles. The molecule has 2 heterocycles. The molecule has 1 fully saturated rings. The number of morpholine rings is 1. The minimum atomic E-state index is -0.349. The standard InChI is InChI=1S/C24H25FN2O3S/c1-26(2)24(29)23-22(18-5-3-4-6-20(18)31-23)19-15-27(13-14-30-19)21(28)12-9-16-7-10-17(25)11-8-16/h3-8,10-11,19H,9,12-15H2,1-2H3/t19-/m1/s1. The lowest BCUT2D eigenvalue weighted by molar-refractivity contribution is -0.138. The number of hydrogen-bond donors (Lipinski definition) is 0. The number of carbonyl (C=O) groups excluding carboxylic acids is 2. The monoisotopic (exact) mass is 440 g/mol. The third-order valence-electron chi connectivity index (χ3n) is 5.52. The predicted molar refractivity (Wildman–Crippen MR) is 120 cm³/mol. The van der Waals surface area contributed by atoms with Gasteiger partial charge in [-0.3, -0.25) is 9.59 Å². The molecule has 1 atom stereocenters. The number of hydrogen-bond acceptors (Lipinski definition) is 4. The number of aryl methyl sites for hydroxylation is 1. The first kappa shape index (κ1) is 21.5. The minimum Gasteiger partial charge on any atom is -0.370 e. The summed E-state index contributed by atoms with van der Waals surface area (Å²) in [6.07, 6.45) is 0.567. The topological polar surface area (TPSA) is 49.9 Å². The first-order valence-corrected chi connectivity index (χ1v) is 11.1. The lowest BCUT2D eigenvalue weighted by Gasteiger charge is -2.33. The third-order valence-corrected chi connectivity index (χ3v) is 6.69. The van der Waals surface area contributed by atoms with Crippen LogP contribution < -0.4 is 0 Å². The number of amides is 2. The first-order valence-electron chi connectivity index (χ1n) is 10.3. The molecule has 0 N–H and O–H groups in total. The van der Waals surface area contributed by atoms with Crippen LogP contribution in [0.5, 0.6) is 0 Å². The van der Waals surface area contributed by atoms with Crippen LogP contribution in [0.1, 0.15) is 33.3 Å². The number of fused-ring (bicyclic) bond motifs is 1. The molecule has 2 aromatic carbocycles. The van der Waals surface area contributed by atoms with Crippen molar-refractivity contribution >= 4 is 33.2 Å². The highest BCUT2D eigenvalue weighted by molar-refractivity contribution is 7.21. The molecule has 0 aliphatic carbocycles. The van der Waals surface area contributed by atoms with Crippen LogP contribution >= 0.6 is 11.3 Å². The Morgan fingerprint density at radius 3 is 2.65 bits per heavy atom. The van der Waals surface area contributed by atoms with Crippen LogP contribution in [0.2, 0.25) is 0 Å². The molecule has 0 unspecified atom stereocenters. The molecule has 1 aliphatic rings. The zero-order valence-electron chi connectivity index (χ0n) is 17.6. The van der Waals surface area contributed by atoms with E-state index < -0.39 is 0 Å². The van der Waals surface area contributed by atoms with Crippen LogP contribution in [0.4, 0.5) is 4.39 Å². The molecule has 31 heavy (non-hydrogen) atoms. The average Bonchev–Trinajstić information content (AvgIpc) is 3.17. The molecular formula is C24H25FN2O3S. The maximum atomic E-state index is 13.1. The van der Waals surface area contributed by atoms with E-state index in [0.717, 1.165) is 21.2 Å². The van der Waals surface area contributed by atoms with Crippen molar-refractivity contribution in [2.45, 2.75) is 18.9 Å². The summed E-state index contributed by atoms with van der Waals surface area (Å²) in [4.78, 5) is 29.8. The van der Waals surface area contributed by atoms with Crippen molar-refractivity contribution in [1.82, 2.24) is 9.80 Å². The van der Waals surface area contributed by atoms with Gasteiger partial charge in [0.2, 0.25) is 5.91 Å². The summed E-state index contributed by atoms with van der Waals surface area (Å²) in [6, 6.07) is 14.2. The molecule has 3 aromatic rings. The smallest absolute Gasteiger partial charge is 0.263 e. The lowest BCUT2D eigenvalue weighted by Crippen LogP contribution is -2.42. The van der Waals surface area contributed by atoms with Gasteiger partial charge >= 0.3 is 0 Å². The molecule has 2 amide bonds. The third kappa shape index (κ3) is 4.62. The molecule has 7 heteroatoms. The molecule has 0 radical (unpaired) electrons. The van der Waals surface area contributed by atoms with Gasteiger partial charge in [0.15, 0.2) is 0 Å². The Bertz CT molecular complexity index is 1090. The first-order chi connectivity index (χ1) is 14.9. The average molecular weight is 441 g/mol. The largest absolute Gasteiger partial charge is 0.370 e. The summed E-state index contributed by atoms with van der Waals surface area (Å²) in [5, 5.41) is 1.00. The van der Waals surface area contributed by atoms with Gasteiger partial charge in [-0.05, 0) is 35.6 Å². The second-order valence-corrected chi connectivity index (χ2v) is 8.92. The number of benzene rings is 2. The molecule has 0 spiro atoms. The summed E-state index contributed by atoms with van der Waals surface area (Å²) >= 11 is 1.47. The summed E-state index contributed by atoms with van der Waals surface area (Å²) in [6.45, 7) is 1.36. The summed E-state index contributed by atoms with van der Waals surface area (Å²) in [5.41, 5.74) is 1.80. The Balaban J connectivity index is 1.53. The van der Waals surface area contributed by atoms with E-state index in [2.05, 4.69) is 0 Å². The number of thiophene rings is 1. The number of halogens is 1. The highest BCUT2D eigenvalue weighted by Crippen LogP contribution is 2.38. The van der Waals surface area contributed by atoms with E-state index in [9.17, 15) is 14.0 Å². The van der Waals surface area contributed by atoms with Crippen LogP contribution in [0, 0.1) is 5.82 Å². The zero-order valence-corrected chi connectivity index (χ0v) is 18.5. The molecule has 1 aliphatic heterocycles.